The van der Waals surface area contributed by atoms with Gasteiger partial charge in [0.05, 0.1) is 5.41 Å². The van der Waals surface area contributed by atoms with Crippen LogP contribution in [-0.4, -0.2) is 48.0 Å². The van der Waals surface area contributed by atoms with Gasteiger partial charge in [0.2, 0.25) is 0 Å². The Labute approximate surface area is 115 Å². The van der Waals surface area contributed by atoms with Crippen LogP contribution in [0.1, 0.15) is 47.0 Å². The van der Waals surface area contributed by atoms with Crippen molar-refractivity contribution in [2.45, 2.75) is 47.0 Å². The van der Waals surface area contributed by atoms with Crippen molar-refractivity contribution in [2.24, 2.45) is 10.8 Å². The van der Waals surface area contributed by atoms with E-state index in [4.69, 9.17) is 10.2 Å². The molecule has 0 heterocycles. The minimum Gasteiger partial charge on any atom is -0.481 e. The summed E-state index contributed by atoms with van der Waals surface area (Å²) in [6.45, 7) is 7.08. The molecule has 0 aliphatic carbocycles. The van der Waals surface area contributed by atoms with Crippen LogP contribution in [-0.2, 0) is 9.59 Å². The van der Waals surface area contributed by atoms with E-state index in [0.717, 1.165) is 0 Å². The molecule has 0 saturated heterocycles. The van der Waals surface area contributed by atoms with Crippen molar-refractivity contribution >= 4 is 37.8 Å². The third-order valence-corrected chi connectivity index (χ3v) is 3.42. The van der Waals surface area contributed by atoms with Crippen LogP contribution >= 0.6 is 0 Å². The van der Waals surface area contributed by atoms with Crippen molar-refractivity contribution in [1.29, 1.82) is 0 Å². The van der Waals surface area contributed by atoms with Gasteiger partial charge in [0.25, 0.3) is 0 Å². The zero-order chi connectivity index (χ0) is 12.3. The van der Waals surface area contributed by atoms with Crippen LogP contribution in [0.4, 0.5) is 0 Å². The molecule has 0 fully saturated rings. The second-order valence-corrected chi connectivity index (χ2v) is 5.06. The molecule has 0 aromatic carbocycles. The Kier molecular flexibility index (Phi) is 7.41. The molecule has 91 valence electrons. The minimum atomic E-state index is -0.845. The summed E-state index contributed by atoms with van der Waals surface area (Å²) >= 11 is 0. The molecular weight excluding hydrogens is 311 g/mol. The van der Waals surface area contributed by atoms with Gasteiger partial charge in [-0.1, -0.05) is 13.8 Å². The van der Waals surface area contributed by atoms with E-state index in [9.17, 15) is 9.59 Å². The first-order valence-electron chi connectivity index (χ1n) is 5.06. The van der Waals surface area contributed by atoms with Crippen molar-refractivity contribution in [3.05, 3.63) is 0 Å². The van der Waals surface area contributed by atoms with Gasteiger partial charge in [0, 0.05) is 32.3 Å². The smallest absolute Gasteiger partial charge is 0.309 e. The van der Waals surface area contributed by atoms with Crippen LogP contribution in [0.5, 0.6) is 0 Å². The summed E-state index contributed by atoms with van der Waals surface area (Å²) < 4.78 is 0. The Bertz CT molecular complexity index is 259. The molecule has 0 aliphatic rings. The first kappa shape index (κ1) is 18.2. The molecule has 0 aromatic rings. The summed E-state index contributed by atoms with van der Waals surface area (Å²) in [5.41, 5.74) is -1.25. The Balaban J connectivity index is 0. The molecule has 0 unspecified atom stereocenters. The van der Waals surface area contributed by atoms with E-state index in [1.165, 1.54) is 0 Å². The largest absolute Gasteiger partial charge is 0.481 e. The third-order valence-electron chi connectivity index (χ3n) is 3.42. The molecular formula is C11H20InO4. The van der Waals surface area contributed by atoms with Crippen molar-refractivity contribution in [2.75, 3.05) is 0 Å². The molecule has 0 atom stereocenters. The summed E-state index contributed by atoms with van der Waals surface area (Å²) in [6, 6.07) is 0. The van der Waals surface area contributed by atoms with Gasteiger partial charge in [-0.05, 0) is 32.1 Å². The van der Waals surface area contributed by atoms with E-state index in [2.05, 4.69) is 0 Å². The molecule has 0 aliphatic heterocycles. The second-order valence-electron chi connectivity index (χ2n) is 5.06. The fourth-order valence-electron chi connectivity index (χ4n) is 1.28. The third kappa shape index (κ3) is 4.76. The Hall–Kier alpha value is -0.190. The van der Waals surface area contributed by atoms with Crippen LogP contribution in [0.15, 0.2) is 0 Å². The predicted molar refractivity (Wildman–Crippen MR) is 62.4 cm³/mol. The summed E-state index contributed by atoms with van der Waals surface area (Å²) in [7, 11) is 0. The maximum atomic E-state index is 11.0. The van der Waals surface area contributed by atoms with Crippen LogP contribution in [0.25, 0.3) is 0 Å². The Morgan fingerprint density at radius 2 is 1.50 bits per heavy atom. The van der Waals surface area contributed by atoms with E-state index in [1.54, 1.807) is 13.8 Å². The number of aliphatic carboxylic acids is 2. The standard InChI is InChI=1S/C11H20O4.In/c1-10(2,7-5-6-8(12)13)11(3,4)9(14)15;/h5-7H2,1-4H3,(H,12,13)(H,14,15);. The van der Waals surface area contributed by atoms with Gasteiger partial charge in [-0.3, -0.25) is 9.59 Å². The van der Waals surface area contributed by atoms with Gasteiger partial charge >= 0.3 is 11.9 Å². The van der Waals surface area contributed by atoms with Gasteiger partial charge in [0.15, 0.2) is 0 Å². The topological polar surface area (TPSA) is 74.6 Å². The monoisotopic (exact) mass is 331 g/mol. The molecule has 0 spiro atoms. The van der Waals surface area contributed by atoms with E-state index in [0.29, 0.717) is 12.8 Å². The number of rotatable bonds is 6. The van der Waals surface area contributed by atoms with E-state index < -0.39 is 22.8 Å². The number of carboxylic acids is 2. The molecule has 0 amide bonds. The van der Waals surface area contributed by atoms with Gasteiger partial charge in [-0.15, -0.1) is 0 Å². The molecule has 4 nitrogen and oxygen atoms in total. The van der Waals surface area contributed by atoms with Crippen molar-refractivity contribution in [1.82, 2.24) is 0 Å². The number of carboxylic acid groups (broad SMARTS) is 2. The summed E-state index contributed by atoms with van der Waals surface area (Å²) in [5, 5.41) is 17.6. The van der Waals surface area contributed by atoms with Crippen molar-refractivity contribution in [3.8, 4) is 0 Å². The second kappa shape index (κ2) is 6.52. The fraction of sp³-hybridized carbons (Fsp3) is 0.818. The molecule has 16 heavy (non-hydrogen) atoms. The predicted octanol–water partition coefficient (Wildman–Crippen LogP) is 2.00. The van der Waals surface area contributed by atoms with E-state index in [1.807, 2.05) is 13.8 Å². The van der Waals surface area contributed by atoms with Crippen LogP contribution < -0.4 is 0 Å². The molecule has 3 radical (unpaired) electrons. The quantitative estimate of drug-likeness (QED) is 0.781. The molecule has 2 N–H and O–H groups in total. The minimum absolute atomic E-state index is 0. The van der Waals surface area contributed by atoms with Crippen LogP contribution in [0, 0.1) is 10.8 Å². The van der Waals surface area contributed by atoms with E-state index >= 15 is 0 Å². The van der Waals surface area contributed by atoms with Crippen molar-refractivity contribution < 1.29 is 19.8 Å². The van der Waals surface area contributed by atoms with Crippen LogP contribution in [0.3, 0.4) is 0 Å². The Morgan fingerprint density at radius 3 is 1.81 bits per heavy atom. The number of hydrogen-bond acceptors (Lipinski definition) is 2. The first-order chi connectivity index (χ1) is 6.61. The zero-order valence-electron chi connectivity index (χ0n) is 10.4. The molecule has 0 aromatic heterocycles. The molecule has 5 heteroatoms. The molecule has 0 bridgehead atoms. The van der Waals surface area contributed by atoms with Crippen LogP contribution in [0.2, 0.25) is 0 Å². The van der Waals surface area contributed by atoms with Crippen molar-refractivity contribution in [3.63, 3.8) is 0 Å². The fourth-order valence-corrected chi connectivity index (χ4v) is 1.28. The van der Waals surface area contributed by atoms with Gasteiger partial charge in [0.1, 0.15) is 0 Å². The summed E-state index contributed by atoms with van der Waals surface area (Å²) in [4.78, 5) is 21.4. The molecule has 0 saturated carbocycles. The SMILES string of the molecule is CC(C)(CCCC(=O)O)C(C)(C)C(=O)O.[In]. The number of hydrogen-bond donors (Lipinski definition) is 2. The summed E-state index contributed by atoms with van der Waals surface area (Å²) in [5.74, 6) is -1.68. The van der Waals surface area contributed by atoms with Gasteiger partial charge in [-0.2, -0.15) is 0 Å². The van der Waals surface area contributed by atoms with E-state index in [-0.39, 0.29) is 32.3 Å². The maximum absolute atomic E-state index is 11.0. The van der Waals surface area contributed by atoms with Gasteiger partial charge < -0.3 is 10.2 Å². The maximum Gasteiger partial charge on any atom is 0.309 e. The normalized spacial score (nSPS) is 11.8. The van der Waals surface area contributed by atoms with Gasteiger partial charge in [-0.25, -0.2) is 0 Å². The Morgan fingerprint density at radius 1 is 1.06 bits per heavy atom. The molecule has 0 rings (SSSR count). The average Bonchev–Trinajstić information content (AvgIpc) is 2.02. The summed E-state index contributed by atoms with van der Waals surface area (Å²) in [6.07, 6.45) is 1.21. The zero-order valence-corrected chi connectivity index (χ0v) is 13.7. The first-order valence-corrected chi connectivity index (χ1v) is 5.06. The average molecular weight is 331 g/mol. The number of carbonyl (C=O) groups is 2.